The first kappa shape index (κ1) is 16.0. The number of thiophene rings is 1. The number of aromatic nitrogens is 3. The molecule has 3 heterocycles. The van der Waals surface area contributed by atoms with Gasteiger partial charge < -0.3 is 4.74 Å². The van der Waals surface area contributed by atoms with E-state index >= 15 is 0 Å². The van der Waals surface area contributed by atoms with Gasteiger partial charge in [-0.25, -0.2) is 0 Å². The second-order valence-electron chi connectivity index (χ2n) is 5.41. The average Bonchev–Trinajstić information content (AvgIpc) is 3.33. The van der Waals surface area contributed by atoms with Gasteiger partial charge in [-0.15, -0.1) is 16.4 Å². The van der Waals surface area contributed by atoms with E-state index in [4.69, 9.17) is 4.74 Å². The maximum atomic E-state index is 12.6. The normalized spacial score (nSPS) is 12.1. The van der Waals surface area contributed by atoms with E-state index in [-0.39, 0.29) is 5.56 Å². The first-order valence-electron chi connectivity index (χ1n) is 7.93. The molecule has 0 fully saturated rings. The van der Waals surface area contributed by atoms with Crippen molar-refractivity contribution in [2.45, 2.75) is 13.3 Å². The lowest BCUT2D eigenvalue weighted by atomic mass is 10.2. The van der Waals surface area contributed by atoms with Crippen molar-refractivity contribution in [2.75, 3.05) is 6.61 Å². The number of hydrogen-bond acceptors (Lipinski definition) is 6. The van der Waals surface area contributed by atoms with Crippen LogP contribution in [-0.2, 0) is 0 Å². The number of fused-ring (bicyclic) bond motifs is 1. The molecular weight excluding hydrogens is 354 g/mol. The Bertz CT molecular complexity index is 1110. The number of ether oxygens (including phenoxy) is 1. The van der Waals surface area contributed by atoms with Crippen molar-refractivity contribution in [1.82, 2.24) is 14.6 Å². The van der Waals surface area contributed by atoms with Gasteiger partial charge in [-0.1, -0.05) is 42.5 Å². The van der Waals surface area contributed by atoms with Gasteiger partial charge in [-0.3, -0.25) is 4.79 Å². The maximum absolute atomic E-state index is 12.6. The number of rotatable bonds is 5. The molecule has 7 heteroatoms. The van der Waals surface area contributed by atoms with Crippen LogP contribution in [0.25, 0.3) is 21.7 Å². The lowest BCUT2D eigenvalue weighted by Crippen LogP contribution is -2.23. The maximum Gasteiger partial charge on any atom is 0.291 e. The molecule has 0 N–H and O–H groups in total. The highest BCUT2D eigenvalue weighted by Crippen LogP contribution is 2.22. The Morgan fingerprint density at radius 1 is 1.24 bits per heavy atom. The van der Waals surface area contributed by atoms with Gasteiger partial charge in [-0.2, -0.15) is 9.50 Å². The molecule has 0 atom stereocenters. The summed E-state index contributed by atoms with van der Waals surface area (Å²) in [7, 11) is 0. The van der Waals surface area contributed by atoms with Crippen LogP contribution in [0.15, 0.2) is 46.6 Å². The first-order chi connectivity index (χ1) is 12.3. The molecule has 0 bridgehead atoms. The van der Waals surface area contributed by atoms with Crippen molar-refractivity contribution in [1.29, 1.82) is 0 Å². The summed E-state index contributed by atoms with van der Waals surface area (Å²) in [5.41, 5.74) is 0.733. The second kappa shape index (κ2) is 6.78. The minimum atomic E-state index is -0.152. The molecule has 0 aliphatic rings. The van der Waals surface area contributed by atoms with E-state index in [1.165, 1.54) is 15.9 Å². The third-order valence-electron chi connectivity index (χ3n) is 3.59. The zero-order valence-corrected chi connectivity index (χ0v) is 15.1. The number of hydrogen-bond donors (Lipinski definition) is 0. The van der Waals surface area contributed by atoms with E-state index in [1.807, 2.05) is 47.9 Å². The SMILES string of the molecule is CCCOc1ccccc1/C=c1/sc2nc(-c3cccs3)nn2c1=O. The Balaban J connectivity index is 1.78. The van der Waals surface area contributed by atoms with E-state index < -0.39 is 0 Å². The van der Waals surface area contributed by atoms with Crippen LogP contribution in [0.5, 0.6) is 5.75 Å². The fourth-order valence-corrected chi connectivity index (χ4v) is 3.98. The molecule has 3 aromatic heterocycles. The molecule has 0 unspecified atom stereocenters. The highest BCUT2D eigenvalue weighted by atomic mass is 32.1. The number of nitrogens with zero attached hydrogens (tertiary/aromatic N) is 3. The Morgan fingerprint density at radius 2 is 2.12 bits per heavy atom. The smallest absolute Gasteiger partial charge is 0.291 e. The Labute approximate surface area is 151 Å². The summed E-state index contributed by atoms with van der Waals surface area (Å²) >= 11 is 2.90. The predicted octanol–water partition coefficient (Wildman–Crippen LogP) is 3.22. The monoisotopic (exact) mass is 369 g/mol. The summed E-state index contributed by atoms with van der Waals surface area (Å²) in [6.07, 6.45) is 2.78. The van der Waals surface area contributed by atoms with Crippen LogP contribution in [0.2, 0.25) is 0 Å². The van der Waals surface area contributed by atoms with E-state index in [0.29, 0.717) is 21.9 Å². The van der Waals surface area contributed by atoms with Crippen molar-refractivity contribution in [3.8, 4) is 16.5 Å². The molecule has 126 valence electrons. The Kier molecular flexibility index (Phi) is 4.33. The van der Waals surface area contributed by atoms with Crippen molar-refractivity contribution >= 4 is 33.7 Å². The van der Waals surface area contributed by atoms with Gasteiger partial charge in [0.05, 0.1) is 16.0 Å². The molecule has 0 aliphatic heterocycles. The van der Waals surface area contributed by atoms with Gasteiger partial charge in [0.1, 0.15) is 5.75 Å². The molecule has 0 saturated carbocycles. The number of benzene rings is 1. The topological polar surface area (TPSA) is 56.5 Å². The summed E-state index contributed by atoms with van der Waals surface area (Å²) in [4.78, 5) is 18.7. The Morgan fingerprint density at radius 3 is 2.88 bits per heavy atom. The van der Waals surface area contributed by atoms with Crippen molar-refractivity contribution in [3.05, 3.63) is 62.2 Å². The van der Waals surface area contributed by atoms with Crippen LogP contribution in [0.3, 0.4) is 0 Å². The standard InChI is InChI=1S/C18H15N3O2S2/c1-2-9-23-13-7-4-3-6-12(13)11-15-17(22)21-18(25-15)19-16(20-21)14-8-5-10-24-14/h3-8,10-11H,2,9H2,1H3/b15-11+. The Hall–Kier alpha value is -2.51. The summed E-state index contributed by atoms with van der Waals surface area (Å²) in [6.45, 7) is 2.71. The van der Waals surface area contributed by atoms with E-state index in [9.17, 15) is 4.79 Å². The van der Waals surface area contributed by atoms with Crippen LogP contribution in [0, 0.1) is 0 Å². The average molecular weight is 369 g/mol. The second-order valence-corrected chi connectivity index (χ2v) is 7.37. The van der Waals surface area contributed by atoms with Crippen molar-refractivity contribution in [2.24, 2.45) is 0 Å². The summed E-state index contributed by atoms with van der Waals surface area (Å²) in [6, 6.07) is 11.6. The minimum absolute atomic E-state index is 0.152. The fourth-order valence-electron chi connectivity index (χ4n) is 2.43. The third-order valence-corrected chi connectivity index (χ3v) is 5.42. The van der Waals surface area contributed by atoms with Gasteiger partial charge in [0.25, 0.3) is 5.56 Å². The summed E-state index contributed by atoms with van der Waals surface area (Å²) in [5, 5.41) is 6.32. The minimum Gasteiger partial charge on any atom is -0.493 e. The van der Waals surface area contributed by atoms with Crippen LogP contribution >= 0.6 is 22.7 Å². The zero-order chi connectivity index (χ0) is 17.2. The molecule has 1 aromatic carbocycles. The molecule has 0 radical (unpaired) electrons. The van der Waals surface area contributed by atoms with Gasteiger partial charge in [-0.05, 0) is 30.0 Å². The third kappa shape index (κ3) is 3.08. The molecule has 0 amide bonds. The van der Waals surface area contributed by atoms with Gasteiger partial charge >= 0.3 is 0 Å². The molecule has 4 aromatic rings. The molecule has 0 saturated heterocycles. The molecule has 0 spiro atoms. The zero-order valence-electron chi connectivity index (χ0n) is 13.5. The number of thiazole rings is 1. The summed E-state index contributed by atoms with van der Waals surface area (Å²) in [5.74, 6) is 1.37. The van der Waals surface area contributed by atoms with Crippen LogP contribution in [0.4, 0.5) is 0 Å². The molecule has 5 nitrogen and oxygen atoms in total. The predicted molar refractivity (Wildman–Crippen MR) is 101 cm³/mol. The van der Waals surface area contributed by atoms with Crippen molar-refractivity contribution < 1.29 is 4.74 Å². The van der Waals surface area contributed by atoms with Crippen molar-refractivity contribution in [3.63, 3.8) is 0 Å². The van der Waals surface area contributed by atoms with Gasteiger partial charge in [0.15, 0.2) is 5.82 Å². The van der Waals surface area contributed by atoms with E-state index in [1.54, 1.807) is 11.3 Å². The van der Waals surface area contributed by atoms with Crippen LogP contribution < -0.4 is 14.8 Å². The van der Waals surface area contributed by atoms with Gasteiger partial charge in [0, 0.05) is 5.56 Å². The lowest BCUT2D eigenvalue weighted by molar-refractivity contribution is 0.317. The first-order valence-corrected chi connectivity index (χ1v) is 9.63. The highest BCUT2D eigenvalue weighted by Gasteiger charge is 2.12. The molecule has 25 heavy (non-hydrogen) atoms. The largest absolute Gasteiger partial charge is 0.493 e. The van der Waals surface area contributed by atoms with Crippen LogP contribution in [-0.4, -0.2) is 21.2 Å². The van der Waals surface area contributed by atoms with E-state index in [2.05, 4.69) is 17.0 Å². The van der Waals surface area contributed by atoms with Gasteiger partial charge in [0.2, 0.25) is 4.96 Å². The molecule has 0 aliphatic carbocycles. The highest BCUT2D eigenvalue weighted by molar-refractivity contribution is 7.15. The number of para-hydroxylation sites is 1. The summed E-state index contributed by atoms with van der Waals surface area (Å²) < 4.78 is 7.73. The van der Waals surface area contributed by atoms with Crippen LogP contribution in [0.1, 0.15) is 18.9 Å². The quantitative estimate of drug-likeness (QED) is 0.542. The fraction of sp³-hybridized carbons (Fsp3) is 0.167. The lowest BCUT2D eigenvalue weighted by Gasteiger charge is -2.07. The molecule has 4 rings (SSSR count). The molecular formula is C18H15N3O2S2. The van der Waals surface area contributed by atoms with E-state index in [0.717, 1.165) is 22.6 Å².